The van der Waals surface area contributed by atoms with Crippen molar-refractivity contribution in [3.8, 4) is 11.5 Å². The van der Waals surface area contributed by atoms with Crippen molar-refractivity contribution in [3.63, 3.8) is 0 Å². The highest BCUT2D eigenvalue weighted by atomic mass is 19.2. The number of nitrogens with one attached hydrogen (secondary N) is 2. The first kappa shape index (κ1) is 22.7. The standard InChI is InChI=1S/C23H29F2N3O3/c1-14-9-21(30-3)22(31-4)11-18(14)15(2)27-23(29)26-12-16-7-8-28(13-16)17-5-6-19(24)20(25)10-17/h5-6,9-11,15-16H,7-8,12-13H2,1-4H3,(H2,26,27,29). The number of nitrogens with zero attached hydrogens (tertiary/aromatic N) is 1. The lowest BCUT2D eigenvalue weighted by atomic mass is 10.0. The van der Waals surface area contributed by atoms with Crippen LogP contribution in [0.15, 0.2) is 30.3 Å². The van der Waals surface area contributed by atoms with Crippen LogP contribution in [-0.4, -0.2) is 39.9 Å². The van der Waals surface area contributed by atoms with Crippen molar-refractivity contribution >= 4 is 11.7 Å². The van der Waals surface area contributed by atoms with Gasteiger partial charge >= 0.3 is 6.03 Å². The quantitative estimate of drug-likeness (QED) is 0.688. The van der Waals surface area contributed by atoms with Crippen molar-refractivity contribution in [1.29, 1.82) is 0 Å². The van der Waals surface area contributed by atoms with Gasteiger partial charge in [-0.25, -0.2) is 13.6 Å². The number of methoxy groups -OCH3 is 2. The van der Waals surface area contributed by atoms with E-state index in [1.165, 1.54) is 6.07 Å². The molecule has 2 aromatic carbocycles. The van der Waals surface area contributed by atoms with Gasteiger partial charge in [0.1, 0.15) is 0 Å². The fourth-order valence-corrected chi connectivity index (χ4v) is 3.94. The molecule has 1 aliphatic rings. The van der Waals surface area contributed by atoms with Crippen LogP contribution >= 0.6 is 0 Å². The van der Waals surface area contributed by atoms with Crippen molar-refractivity contribution in [1.82, 2.24) is 10.6 Å². The van der Waals surface area contributed by atoms with Crippen molar-refractivity contribution in [2.24, 2.45) is 5.92 Å². The lowest BCUT2D eigenvalue weighted by Crippen LogP contribution is -2.40. The zero-order valence-corrected chi connectivity index (χ0v) is 18.3. The van der Waals surface area contributed by atoms with E-state index in [0.717, 1.165) is 30.2 Å². The summed E-state index contributed by atoms with van der Waals surface area (Å²) in [7, 11) is 3.16. The molecule has 1 heterocycles. The minimum atomic E-state index is -0.850. The van der Waals surface area contributed by atoms with Crippen LogP contribution in [0.25, 0.3) is 0 Å². The number of halogens is 2. The van der Waals surface area contributed by atoms with E-state index in [0.29, 0.717) is 30.3 Å². The highest BCUT2D eigenvalue weighted by molar-refractivity contribution is 5.74. The fraction of sp³-hybridized carbons (Fsp3) is 0.435. The van der Waals surface area contributed by atoms with Crippen LogP contribution in [-0.2, 0) is 0 Å². The monoisotopic (exact) mass is 433 g/mol. The molecule has 2 atom stereocenters. The van der Waals surface area contributed by atoms with Gasteiger partial charge in [0.05, 0.1) is 20.3 Å². The number of hydrogen-bond acceptors (Lipinski definition) is 4. The van der Waals surface area contributed by atoms with Crippen LogP contribution in [0, 0.1) is 24.5 Å². The van der Waals surface area contributed by atoms with Gasteiger partial charge in [-0.15, -0.1) is 0 Å². The van der Waals surface area contributed by atoms with E-state index >= 15 is 0 Å². The Hall–Kier alpha value is -3.03. The van der Waals surface area contributed by atoms with E-state index in [1.54, 1.807) is 20.3 Å². The summed E-state index contributed by atoms with van der Waals surface area (Å²) in [5.41, 5.74) is 2.59. The first-order valence-electron chi connectivity index (χ1n) is 10.3. The summed E-state index contributed by atoms with van der Waals surface area (Å²) in [5, 5.41) is 5.88. The summed E-state index contributed by atoms with van der Waals surface area (Å²) < 4.78 is 37.3. The van der Waals surface area contributed by atoms with Gasteiger partial charge in [-0.3, -0.25) is 0 Å². The summed E-state index contributed by atoms with van der Waals surface area (Å²) in [6.07, 6.45) is 0.865. The largest absolute Gasteiger partial charge is 0.493 e. The van der Waals surface area contributed by atoms with Gasteiger partial charge < -0.3 is 25.0 Å². The van der Waals surface area contributed by atoms with Gasteiger partial charge in [0.15, 0.2) is 23.1 Å². The van der Waals surface area contributed by atoms with Crippen molar-refractivity contribution in [2.75, 3.05) is 38.8 Å². The highest BCUT2D eigenvalue weighted by Crippen LogP contribution is 2.33. The number of amides is 2. The Balaban J connectivity index is 1.52. The first-order chi connectivity index (χ1) is 14.8. The molecule has 2 amide bonds. The molecule has 1 fully saturated rings. The van der Waals surface area contributed by atoms with Crippen LogP contribution in [0.2, 0.25) is 0 Å². The molecule has 0 radical (unpaired) electrons. The molecule has 0 saturated carbocycles. The molecular formula is C23H29F2N3O3. The Labute approximate surface area is 181 Å². The molecule has 1 aliphatic heterocycles. The summed E-state index contributed by atoms with van der Waals surface area (Å²) in [6, 6.07) is 7.21. The molecule has 31 heavy (non-hydrogen) atoms. The number of urea groups is 1. The lowest BCUT2D eigenvalue weighted by Gasteiger charge is -2.21. The van der Waals surface area contributed by atoms with E-state index in [4.69, 9.17) is 9.47 Å². The average molecular weight is 433 g/mol. The molecule has 2 aromatic rings. The maximum Gasteiger partial charge on any atom is 0.315 e. The number of rotatable bonds is 7. The predicted octanol–water partition coefficient (Wildman–Crippen LogP) is 4.18. The number of carbonyl (C=O) groups is 1. The molecule has 0 aromatic heterocycles. The Morgan fingerprint density at radius 3 is 2.55 bits per heavy atom. The fourth-order valence-electron chi connectivity index (χ4n) is 3.94. The highest BCUT2D eigenvalue weighted by Gasteiger charge is 2.24. The molecule has 1 saturated heterocycles. The van der Waals surface area contributed by atoms with Crippen LogP contribution < -0.4 is 25.0 Å². The minimum absolute atomic E-state index is 0.220. The first-order valence-corrected chi connectivity index (χ1v) is 10.3. The molecule has 3 rings (SSSR count). The number of anilines is 1. The number of hydrogen-bond donors (Lipinski definition) is 2. The molecule has 0 aliphatic carbocycles. The summed E-state index contributed by atoms with van der Waals surface area (Å²) in [4.78, 5) is 14.4. The molecule has 0 bridgehead atoms. The number of benzene rings is 2. The number of ether oxygens (including phenoxy) is 2. The number of aryl methyl sites for hydroxylation is 1. The summed E-state index contributed by atoms with van der Waals surface area (Å²) in [6.45, 7) is 5.78. The maximum absolute atomic E-state index is 13.5. The minimum Gasteiger partial charge on any atom is -0.493 e. The smallest absolute Gasteiger partial charge is 0.315 e. The second kappa shape index (κ2) is 9.85. The van der Waals surface area contributed by atoms with Gasteiger partial charge in [0.2, 0.25) is 0 Å². The van der Waals surface area contributed by atoms with Crippen LogP contribution in [0.1, 0.15) is 30.5 Å². The molecule has 6 nitrogen and oxygen atoms in total. The molecule has 168 valence electrons. The van der Waals surface area contributed by atoms with Crippen molar-refractivity contribution in [3.05, 3.63) is 53.1 Å². The van der Waals surface area contributed by atoms with Gasteiger partial charge in [0, 0.05) is 31.4 Å². The molecule has 8 heteroatoms. The predicted molar refractivity (Wildman–Crippen MR) is 116 cm³/mol. The normalized spacial score (nSPS) is 16.7. The summed E-state index contributed by atoms with van der Waals surface area (Å²) >= 11 is 0. The van der Waals surface area contributed by atoms with E-state index in [-0.39, 0.29) is 18.0 Å². The lowest BCUT2D eigenvalue weighted by molar-refractivity contribution is 0.236. The van der Waals surface area contributed by atoms with Crippen molar-refractivity contribution in [2.45, 2.75) is 26.3 Å². The molecule has 2 unspecified atom stereocenters. The maximum atomic E-state index is 13.5. The Morgan fingerprint density at radius 1 is 1.16 bits per heavy atom. The van der Waals surface area contributed by atoms with Gasteiger partial charge in [-0.2, -0.15) is 0 Å². The third kappa shape index (κ3) is 5.37. The van der Waals surface area contributed by atoms with Crippen molar-refractivity contribution < 1.29 is 23.0 Å². The van der Waals surface area contributed by atoms with E-state index < -0.39 is 11.6 Å². The van der Waals surface area contributed by atoms with Gasteiger partial charge in [-0.1, -0.05) is 0 Å². The van der Waals surface area contributed by atoms with E-state index in [9.17, 15) is 13.6 Å². The Bertz CT molecular complexity index is 939. The third-order valence-corrected chi connectivity index (χ3v) is 5.69. The molecule has 0 spiro atoms. The van der Waals surface area contributed by atoms with Crippen LogP contribution in [0.4, 0.5) is 19.3 Å². The number of carbonyl (C=O) groups excluding carboxylic acids is 1. The topological polar surface area (TPSA) is 62.8 Å². The Morgan fingerprint density at radius 2 is 1.87 bits per heavy atom. The van der Waals surface area contributed by atoms with Crippen LogP contribution in [0.5, 0.6) is 11.5 Å². The van der Waals surface area contributed by atoms with E-state index in [2.05, 4.69) is 10.6 Å². The average Bonchev–Trinajstić information content (AvgIpc) is 3.23. The zero-order chi connectivity index (χ0) is 22.5. The van der Waals surface area contributed by atoms with E-state index in [1.807, 2.05) is 30.9 Å². The zero-order valence-electron chi connectivity index (χ0n) is 18.3. The molecule has 2 N–H and O–H groups in total. The van der Waals surface area contributed by atoms with Crippen LogP contribution in [0.3, 0.4) is 0 Å². The molecular weight excluding hydrogens is 404 g/mol. The SMILES string of the molecule is COc1cc(C)c(C(C)NC(=O)NCC2CCN(c3ccc(F)c(F)c3)C2)cc1OC. The second-order valence-electron chi connectivity index (χ2n) is 7.84. The Kier molecular flexibility index (Phi) is 7.20. The van der Waals surface area contributed by atoms with Gasteiger partial charge in [0.25, 0.3) is 0 Å². The summed E-state index contributed by atoms with van der Waals surface area (Å²) in [5.74, 6) is -0.209. The van der Waals surface area contributed by atoms with Gasteiger partial charge in [-0.05, 0) is 61.6 Å². The second-order valence-corrected chi connectivity index (χ2v) is 7.84. The third-order valence-electron chi connectivity index (χ3n) is 5.69.